The molecule has 1 aromatic rings. The summed E-state index contributed by atoms with van der Waals surface area (Å²) < 4.78 is 30.6. The molecule has 0 radical (unpaired) electrons. The van der Waals surface area contributed by atoms with Gasteiger partial charge in [0.1, 0.15) is 5.75 Å². The van der Waals surface area contributed by atoms with Crippen LogP contribution >= 0.6 is 0 Å². The van der Waals surface area contributed by atoms with Crippen molar-refractivity contribution in [3.8, 4) is 5.75 Å². The van der Waals surface area contributed by atoms with Crippen LogP contribution in [-0.2, 0) is 10.0 Å². The highest BCUT2D eigenvalue weighted by atomic mass is 32.2. The highest BCUT2D eigenvalue weighted by Gasteiger charge is 2.26. The minimum atomic E-state index is -3.08. The molecule has 1 unspecified atom stereocenters. The second kappa shape index (κ2) is 6.14. The van der Waals surface area contributed by atoms with Gasteiger partial charge < -0.3 is 4.74 Å². The Morgan fingerprint density at radius 3 is 2.75 bits per heavy atom. The fraction of sp³-hybridized carbons (Fsp3) is 0.600. The molecule has 1 aliphatic heterocycles. The zero-order chi connectivity index (χ0) is 14.8. The van der Waals surface area contributed by atoms with Crippen LogP contribution in [0.25, 0.3) is 0 Å². The zero-order valence-corrected chi connectivity index (χ0v) is 13.2. The fourth-order valence-corrected chi connectivity index (χ4v) is 3.58. The third kappa shape index (κ3) is 3.96. The summed E-state index contributed by atoms with van der Waals surface area (Å²) in [5.41, 5.74) is 2.34. The number of piperidine rings is 1. The highest BCUT2D eigenvalue weighted by molar-refractivity contribution is 7.88. The van der Waals surface area contributed by atoms with E-state index in [0.29, 0.717) is 19.7 Å². The lowest BCUT2D eigenvalue weighted by Crippen LogP contribution is -2.40. The fourth-order valence-electron chi connectivity index (χ4n) is 2.63. The Kier molecular flexibility index (Phi) is 4.70. The van der Waals surface area contributed by atoms with Gasteiger partial charge in [0, 0.05) is 19.0 Å². The molecule has 0 N–H and O–H groups in total. The molecule has 4 nitrogen and oxygen atoms in total. The molecular weight excluding hydrogens is 274 g/mol. The molecule has 5 heteroatoms. The summed E-state index contributed by atoms with van der Waals surface area (Å²) in [5.74, 6) is 1.17. The van der Waals surface area contributed by atoms with Crippen LogP contribution in [0.15, 0.2) is 18.2 Å². The molecule has 0 spiro atoms. The average molecular weight is 297 g/mol. The van der Waals surface area contributed by atoms with E-state index in [9.17, 15) is 8.42 Å². The first-order valence-electron chi connectivity index (χ1n) is 7.01. The smallest absolute Gasteiger partial charge is 0.211 e. The second-order valence-corrected chi connectivity index (χ2v) is 7.69. The van der Waals surface area contributed by atoms with E-state index in [0.717, 1.165) is 24.2 Å². The van der Waals surface area contributed by atoms with E-state index >= 15 is 0 Å². The molecule has 2 rings (SSSR count). The van der Waals surface area contributed by atoms with E-state index in [4.69, 9.17) is 4.74 Å². The summed E-state index contributed by atoms with van der Waals surface area (Å²) in [6, 6.07) is 6.12. The van der Waals surface area contributed by atoms with Crippen LogP contribution in [0.3, 0.4) is 0 Å². The molecule has 1 saturated heterocycles. The van der Waals surface area contributed by atoms with Crippen LogP contribution in [0.5, 0.6) is 5.75 Å². The summed E-state index contributed by atoms with van der Waals surface area (Å²) in [4.78, 5) is 0. The van der Waals surface area contributed by atoms with Crippen molar-refractivity contribution >= 4 is 10.0 Å². The summed E-state index contributed by atoms with van der Waals surface area (Å²) in [6.45, 7) is 5.88. The van der Waals surface area contributed by atoms with Crippen LogP contribution in [0, 0.1) is 19.8 Å². The summed E-state index contributed by atoms with van der Waals surface area (Å²) in [7, 11) is -3.08. The summed E-state index contributed by atoms with van der Waals surface area (Å²) in [6.07, 6.45) is 3.21. The Morgan fingerprint density at radius 2 is 2.10 bits per heavy atom. The van der Waals surface area contributed by atoms with Crippen molar-refractivity contribution in [2.75, 3.05) is 26.0 Å². The molecule has 0 aliphatic carbocycles. The molecule has 0 saturated carbocycles. The first-order chi connectivity index (χ1) is 9.36. The maximum atomic E-state index is 11.6. The minimum absolute atomic E-state index is 0.277. The number of hydrogen-bond acceptors (Lipinski definition) is 3. The number of benzene rings is 1. The quantitative estimate of drug-likeness (QED) is 0.857. The number of rotatable bonds is 4. The maximum Gasteiger partial charge on any atom is 0.211 e. The molecule has 0 amide bonds. The molecule has 0 aromatic heterocycles. The van der Waals surface area contributed by atoms with E-state index in [1.54, 1.807) is 4.31 Å². The van der Waals surface area contributed by atoms with Crippen molar-refractivity contribution in [3.05, 3.63) is 29.3 Å². The highest BCUT2D eigenvalue weighted by Crippen LogP contribution is 2.23. The molecule has 1 heterocycles. The van der Waals surface area contributed by atoms with E-state index in [1.807, 2.05) is 19.1 Å². The lowest BCUT2D eigenvalue weighted by atomic mass is 10.0. The number of hydrogen-bond donors (Lipinski definition) is 0. The van der Waals surface area contributed by atoms with E-state index < -0.39 is 10.0 Å². The van der Waals surface area contributed by atoms with Gasteiger partial charge >= 0.3 is 0 Å². The van der Waals surface area contributed by atoms with Gasteiger partial charge in [-0.05, 0) is 38.3 Å². The van der Waals surface area contributed by atoms with Gasteiger partial charge in [0.2, 0.25) is 10.0 Å². The molecule has 20 heavy (non-hydrogen) atoms. The zero-order valence-electron chi connectivity index (χ0n) is 12.4. The molecule has 0 bridgehead atoms. The summed E-state index contributed by atoms with van der Waals surface area (Å²) >= 11 is 0. The van der Waals surface area contributed by atoms with Crippen LogP contribution in [0.1, 0.15) is 24.0 Å². The second-order valence-electron chi connectivity index (χ2n) is 5.71. The molecule has 1 aliphatic rings. The third-order valence-corrected chi connectivity index (χ3v) is 5.03. The maximum absolute atomic E-state index is 11.6. The monoisotopic (exact) mass is 297 g/mol. The van der Waals surface area contributed by atoms with Crippen LogP contribution in [-0.4, -0.2) is 38.7 Å². The van der Waals surface area contributed by atoms with Gasteiger partial charge in [-0.1, -0.05) is 17.7 Å². The Hall–Kier alpha value is -1.07. The Balaban J connectivity index is 1.94. The Morgan fingerprint density at radius 1 is 1.35 bits per heavy atom. The molecule has 1 fully saturated rings. The van der Waals surface area contributed by atoms with Crippen molar-refractivity contribution < 1.29 is 13.2 Å². The molecule has 1 atom stereocenters. The largest absolute Gasteiger partial charge is 0.493 e. The number of nitrogens with zero attached hydrogens (tertiary/aromatic N) is 1. The van der Waals surface area contributed by atoms with Gasteiger partial charge in [-0.15, -0.1) is 0 Å². The number of sulfonamides is 1. The SMILES string of the molecule is Cc1ccc(OCC2CCCN(S(C)(=O)=O)C2)c(C)c1. The van der Waals surface area contributed by atoms with Gasteiger partial charge in [0.15, 0.2) is 0 Å². The van der Waals surface area contributed by atoms with Gasteiger partial charge in [-0.25, -0.2) is 12.7 Å². The van der Waals surface area contributed by atoms with Crippen LogP contribution in [0.4, 0.5) is 0 Å². The third-order valence-electron chi connectivity index (χ3n) is 3.76. The number of aryl methyl sites for hydroxylation is 2. The molecule has 112 valence electrons. The Labute approximate surface area is 121 Å². The van der Waals surface area contributed by atoms with E-state index in [2.05, 4.69) is 13.0 Å². The van der Waals surface area contributed by atoms with Crippen molar-refractivity contribution in [3.63, 3.8) is 0 Å². The Bertz CT molecular complexity index is 568. The number of ether oxygens (including phenoxy) is 1. The van der Waals surface area contributed by atoms with Crippen molar-refractivity contribution in [1.29, 1.82) is 0 Å². The minimum Gasteiger partial charge on any atom is -0.493 e. The topological polar surface area (TPSA) is 46.6 Å². The average Bonchev–Trinajstić information content (AvgIpc) is 2.37. The van der Waals surface area contributed by atoms with Crippen molar-refractivity contribution in [1.82, 2.24) is 4.31 Å². The predicted molar refractivity (Wildman–Crippen MR) is 80.6 cm³/mol. The van der Waals surface area contributed by atoms with E-state index in [1.165, 1.54) is 11.8 Å². The normalized spacial score (nSPS) is 20.9. The predicted octanol–water partition coefficient (Wildman–Crippen LogP) is 2.35. The van der Waals surface area contributed by atoms with Gasteiger partial charge in [-0.2, -0.15) is 0 Å². The first-order valence-corrected chi connectivity index (χ1v) is 8.86. The standard InChI is InChI=1S/C15H23NO3S/c1-12-6-7-15(13(2)9-12)19-11-14-5-4-8-16(10-14)20(3,17)18/h6-7,9,14H,4-5,8,10-11H2,1-3H3. The summed E-state index contributed by atoms with van der Waals surface area (Å²) in [5, 5.41) is 0. The van der Waals surface area contributed by atoms with Gasteiger partial charge in [0.25, 0.3) is 0 Å². The van der Waals surface area contributed by atoms with Crippen LogP contribution < -0.4 is 4.74 Å². The lowest BCUT2D eigenvalue weighted by Gasteiger charge is -2.30. The first kappa shape index (κ1) is 15.3. The molecular formula is C15H23NO3S. The van der Waals surface area contributed by atoms with Gasteiger partial charge in [-0.3, -0.25) is 0 Å². The van der Waals surface area contributed by atoms with Crippen molar-refractivity contribution in [2.24, 2.45) is 5.92 Å². The van der Waals surface area contributed by atoms with Crippen LogP contribution in [0.2, 0.25) is 0 Å². The van der Waals surface area contributed by atoms with Gasteiger partial charge in [0.05, 0.1) is 12.9 Å². The lowest BCUT2D eigenvalue weighted by molar-refractivity contribution is 0.180. The van der Waals surface area contributed by atoms with E-state index in [-0.39, 0.29) is 5.92 Å². The molecule has 1 aromatic carbocycles. The van der Waals surface area contributed by atoms with Crippen molar-refractivity contribution in [2.45, 2.75) is 26.7 Å².